The zero-order chi connectivity index (χ0) is 21.1. The second kappa shape index (κ2) is 8.73. The number of aromatic nitrogens is 1. The summed E-state index contributed by atoms with van der Waals surface area (Å²) in [6, 6.07) is 8.68. The highest BCUT2D eigenvalue weighted by Gasteiger charge is 2.18. The molecule has 0 unspecified atom stereocenters. The molecule has 0 bridgehead atoms. The van der Waals surface area contributed by atoms with Crippen molar-refractivity contribution in [3.8, 4) is 0 Å². The third-order valence-corrected chi connectivity index (χ3v) is 5.51. The molecule has 3 aromatic rings. The van der Waals surface area contributed by atoms with Gasteiger partial charge in [0.2, 0.25) is 0 Å². The normalized spacial score (nSPS) is 11.6. The largest absolute Gasteiger partial charge is 0.465 e. The fourth-order valence-electron chi connectivity index (χ4n) is 2.59. The second-order valence-corrected chi connectivity index (χ2v) is 7.52. The molecule has 1 aromatic heterocycles. The van der Waals surface area contributed by atoms with Crippen molar-refractivity contribution in [3.63, 3.8) is 0 Å². The lowest BCUT2D eigenvalue weighted by Crippen LogP contribution is -2.23. The van der Waals surface area contributed by atoms with Gasteiger partial charge in [-0.1, -0.05) is 40.6 Å². The summed E-state index contributed by atoms with van der Waals surface area (Å²) >= 11 is 13.5. The van der Waals surface area contributed by atoms with Crippen molar-refractivity contribution >= 4 is 62.3 Å². The number of nitro groups is 1. The summed E-state index contributed by atoms with van der Waals surface area (Å²) in [5.41, 5.74) is 0.128. The van der Waals surface area contributed by atoms with Gasteiger partial charge in [0.05, 0.1) is 37.4 Å². The lowest BCUT2D eigenvalue weighted by molar-refractivity contribution is -0.384. The maximum atomic E-state index is 12.7. The standard InChI is InChI=1S/C18H13Cl2N3O5S/c1-2-28-15(24)9-22-16-13(20)4-3-5-14(16)29-18(22)21-17(25)11-8-10(23(26)27)6-7-12(11)19/h3-8H,2,9H2,1H3. The molecule has 1 amide bonds. The van der Waals surface area contributed by atoms with Crippen molar-refractivity contribution in [2.24, 2.45) is 4.99 Å². The number of para-hydroxylation sites is 1. The number of halogens is 2. The van der Waals surface area contributed by atoms with Gasteiger partial charge >= 0.3 is 5.97 Å². The Morgan fingerprint density at radius 2 is 2.00 bits per heavy atom. The SMILES string of the molecule is CCOC(=O)Cn1c(=NC(=O)c2cc([N+](=O)[O-])ccc2Cl)sc2cccc(Cl)c21. The number of nitro benzene ring substituents is 1. The maximum Gasteiger partial charge on any atom is 0.326 e. The number of non-ortho nitro benzene ring substituents is 1. The number of thiazole rings is 1. The number of hydrogen-bond donors (Lipinski definition) is 0. The summed E-state index contributed by atoms with van der Waals surface area (Å²) in [4.78, 5) is 39.3. The molecule has 0 saturated carbocycles. The fraction of sp³-hybridized carbons (Fsp3) is 0.167. The minimum atomic E-state index is -0.779. The average Bonchev–Trinajstić information content (AvgIpc) is 3.00. The van der Waals surface area contributed by atoms with Crippen LogP contribution in [0.1, 0.15) is 17.3 Å². The number of hydrogen-bond acceptors (Lipinski definition) is 6. The number of amides is 1. The van der Waals surface area contributed by atoms with Crippen LogP contribution in [0.4, 0.5) is 5.69 Å². The molecule has 8 nitrogen and oxygen atoms in total. The van der Waals surface area contributed by atoms with Crippen LogP contribution in [0, 0.1) is 10.1 Å². The number of fused-ring (bicyclic) bond motifs is 1. The quantitative estimate of drug-likeness (QED) is 0.326. The summed E-state index contributed by atoms with van der Waals surface area (Å²) in [5, 5.41) is 11.4. The monoisotopic (exact) mass is 453 g/mol. The predicted octanol–water partition coefficient (Wildman–Crippen LogP) is 4.22. The Balaban J connectivity index is 2.16. The van der Waals surface area contributed by atoms with Gasteiger partial charge in [-0.2, -0.15) is 4.99 Å². The summed E-state index contributed by atoms with van der Waals surface area (Å²) in [5.74, 6) is -1.30. The summed E-state index contributed by atoms with van der Waals surface area (Å²) in [6.45, 7) is 1.68. The van der Waals surface area contributed by atoms with Crippen LogP contribution < -0.4 is 4.80 Å². The van der Waals surface area contributed by atoms with E-state index < -0.39 is 16.8 Å². The van der Waals surface area contributed by atoms with Gasteiger partial charge in [0, 0.05) is 12.1 Å². The van der Waals surface area contributed by atoms with Gasteiger partial charge in [-0.25, -0.2) is 0 Å². The van der Waals surface area contributed by atoms with Crippen LogP contribution in [0.25, 0.3) is 10.2 Å². The number of carbonyl (C=O) groups excluding carboxylic acids is 2. The zero-order valence-corrected chi connectivity index (χ0v) is 17.3. The molecule has 0 radical (unpaired) electrons. The minimum absolute atomic E-state index is 0.0282. The second-order valence-electron chi connectivity index (χ2n) is 5.70. The van der Waals surface area contributed by atoms with Crippen LogP contribution in [0.5, 0.6) is 0 Å². The molecule has 150 valence electrons. The lowest BCUT2D eigenvalue weighted by Gasteiger charge is -2.06. The van der Waals surface area contributed by atoms with Gasteiger partial charge < -0.3 is 9.30 Å². The average molecular weight is 454 g/mol. The molecule has 3 rings (SSSR count). The topological polar surface area (TPSA) is 104 Å². The first kappa shape index (κ1) is 21.0. The van der Waals surface area contributed by atoms with Crippen molar-refractivity contribution in [2.75, 3.05) is 6.61 Å². The van der Waals surface area contributed by atoms with E-state index in [2.05, 4.69) is 4.99 Å². The molecule has 11 heteroatoms. The Kier molecular flexibility index (Phi) is 6.31. The van der Waals surface area contributed by atoms with Crippen LogP contribution in [0.3, 0.4) is 0 Å². The smallest absolute Gasteiger partial charge is 0.326 e. The molecule has 2 aromatic carbocycles. The van der Waals surface area contributed by atoms with Crippen LogP contribution >= 0.6 is 34.5 Å². The Morgan fingerprint density at radius 1 is 1.24 bits per heavy atom. The molecule has 0 N–H and O–H groups in total. The number of benzene rings is 2. The van der Waals surface area contributed by atoms with E-state index >= 15 is 0 Å². The molecule has 0 atom stereocenters. The van der Waals surface area contributed by atoms with E-state index in [9.17, 15) is 19.7 Å². The van der Waals surface area contributed by atoms with Gasteiger partial charge in [-0.15, -0.1) is 0 Å². The van der Waals surface area contributed by atoms with E-state index in [4.69, 9.17) is 27.9 Å². The van der Waals surface area contributed by atoms with E-state index in [1.165, 1.54) is 16.7 Å². The third kappa shape index (κ3) is 4.47. The number of ether oxygens (including phenoxy) is 1. The highest BCUT2D eigenvalue weighted by atomic mass is 35.5. The Morgan fingerprint density at radius 3 is 2.69 bits per heavy atom. The summed E-state index contributed by atoms with van der Waals surface area (Å²) in [7, 11) is 0. The van der Waals surface area contributed by atoms with E-state index in [0.717, 1.165) is 17.4 Å². The molecule has 0 saturated heterocycles. The minimum Gasteiger partial charge on any atom is -0.465 e. The number of nitrogens with zero attached hydrogens (tertiary/aromatic N) is 3. The Labute approximate surface area is 178 Å². The van der Waals surface area contributed by atoms with Crippen LogP contribution in [-0.4, -0.2) is 28.0 Å². The molecule has 0 aliphatic rings. The van der Waals surface area contributed by atoms with Crippen LogP contribution in [0.15, 0.2) is 41.4 Å². The van der Waals surface area contributed by atoms with Crippen molar-refractivity contribution in [1.82, 2.24) is 4.57 Å². The number of rotatable bonds is 5. The lowest BCUT2D eigenvalue weighted by atomic mass is 10.2. The zero-order valence-electron chi connectivity index (χ0n) is 14.9. The molecular formula is C18H13Cl2N3O5S. The first-order valence-electron chi connectivity index (χ1n) is 8.28. The van der Waals surface area contributed by atoms with Gasteiger partial charge in [-0.05, 0) is 25.1 Å². The van der Waals surface area contributed by atoms with Crippen molar-refractivity contribution in [3.05, 3.63) is 66.9 Å². The van der Waals surface area contributed by atoms with Crippen LogP contribution in [-0.2, 0) is 16.1 Å². The first-order chi connectivity index (χ1) is 13.8. The molecule has 1 heterocycles. The maximum absolute atomic E-state index is 12.7. The van der Waals surface area contributed by atoms with Crippen molar-refractivity contribution < 1.29 is 19.2 Å². The van der Waals surface area contributed by atoms with Gasteiger partial charge in [0.1, 0.15) is 6.54 Å². The van der Waals surface area contributed by atoms with Crippen LogP contribution in [0.2, 0.25) is 10.0 Å². The molecule has 0 fully saturated rings. The van der Waals surface area contributed by atoms with Gasteiger partial charge in [0.15, 0.2) is 4.80 Å². The summed E-state index contributed by atoms with van der Waals surface area (Å²) in [6.07, 6.45) is 0. The number of carbonyl (C=O) groups is 2. The van der Waals surface area contributed by atoms with Crippen molar-refractivity contribution in [1.29, 1.82) is 0 Å². The molecule has 29 heavy (non-hydrogen) atoms. The highest BCUT2D eigenvalue weighted by Crippen LogP contribution is 2.26. The van der Waals surface area contributed by atoms with E-state index in [1.54, 1.807) is 25.1 Å². The molecule has 0 aliphatic heterocycles. The predicted molar refractivity (Wildman–Crippen MR) is 109 cm³/mol. The van der Waals surface area contributed by atoms with E-state index in [0.29, 0.717) is 15.2 Å². The Bertz CT molecular complexity index is 1200. The number of esters is 1. The highest BCUT2D eigenvalue weighted by molar-refractivity contribution is 7.16. The van der Waals surface area contributed by atoms with Gasteiger partial charge in [-0.3, -0.25) is 19.7 Å². The van der Waals surface area contributed by atoms with Crippen molar-refractivity contribution in [2.45, 2.75) is 13.5 Å². The Hall–Kier alpha value is -2.75. The first-order valence-corrected chi connectivity index (χ1v) is 9.85. The molecular weight excluding hydrogens is 441 g/mol. The van der Waals surface area contributed by atoms with E-state index in [-0.39, 0.29) is 34.2 Å². The third-order valence-electron chi connectivity index (χ3n) is 3.83. The fourth-order valence-corrected chi connectivity index (χ4v) is 4.18. The van der Waals surface area contributed by atoms with E-state index in [1.807, 2.05) is 0 Å². The molecule has 0 aliphatic carbocycles. The molecule has 0 spiro atoms. The summed E-state index contributed by atoms with van der Waals surface area (Å²) < 4.78 is 7.17. The van der Waals surface area contributed by atoms with Gasteiger partial charge in [0.25, 0.3) is 11.6 Å².